The molecule has 0 saturated carbocycles. The quantitative estimate of drug-likeness (QED) is 0.885. The van der Waals surface area contributed by atoms with Crippen LogP contribution in [0.3, 0.4) is 0 Å². The van der Waals surface area contributed by atoms with E-state index >= 15 is 0 Å². The Kier molecular flexibility index (Phi) is 4.38. The normalized spacial score (nSPS) is 23.2. The minimum absolute atomic E-state index is 0.438. The molecule has 1 nitrogen and oxygen atoms in total. The van der Waals surface area contributed by atoms with Crippen molar-refractivity contribution in [2.75, 3.05) is 18.1 Å². The first-order valence-corrected chi connectivity index (χ1v) is 7.67. The number of hydrogen-bond acceptors (Lipinski definition) is 3. The molecular formula is C11H16ClNS2. The minimum atomic E-state index is 0.438. The van der Waals surface area contributed by atoms with Crippen molar-refractivity contribution in [1.29, 1.82) is 0 Å². The van der Waals surface area contributed by atoms with Gasteiger partial charge in [0.25, 0.3) is 0 Å². The summed E-state index contributed by atoms with van der Waals surface area (Å²) in [6.07, 6.45) is 1.37. The van der Waals surface area contributed by atoms with E-state index in [-0.39, 0.29) is 0 Å². The van der Waals surface area contributed by atoms with Gasteiger partial charge in [-0.25, -0.2) is 0 Å². The number of hydrogen-bond donors (Lipinski definition) is 1. The van der Waals surface area contributed by atoms with Crippen molar-refractivity contribution in [3.8, 4) is 0 Å². The van der Waals surface area contributed by atoms with Gasteiger partial charge in [-0.1, -0.05) is 11.6 Å². The Hall–Kier alpha value is 0.300. The van der Waals surface area contributed by atoms with Crippen LogP contribution in [-0.4, -0.2) is 18.1 Å². The third kappa shape index (κ3) is 3.38. The van der Waals surface area contributed by atoms with Crippen LogP contribution in [0.5, 0.6) is 0 Å². The predicted molar refractivity (Wildman–Crippen MR) is 71.2 cm³/mol. The van der Waals surface area contributed by atoms with E-state index < -0.39 is 0 Å². The molecular weight excluding hydrogens is 246 g/mol. The van der Waals surface area contributed by atoms with Crippen LogP contribution >= 0.6 is 34.7 Å². The molecule has 1 aliphatic heterocycles. The summed E-state index contributed by atoms with van der Waals surface area (Å²) in [7, 11) is 0. The molecule has 1 aromatic rings. The number of thioether (sulfide) groups is 1. The molecule has 2 unspecified atom stereocenters. The summed E-state index contributed by atoms with van der Waals surface area (Å²) in [4.78, 5) is 1.34. The number of thiophene rings is 1. The van der Waals surface area contributed by atoms with Gasteiger partial charge in [0.1, 0.15) is 0 Å². The highest BCUT2D eigenvalue weighted by Gasteiger charge is 2.16. The van der Waals surface area contributed by atoms with Gasteiger partial charge in [0.2, 0.25) is 0 Å². The second-order valence-corrected chi connectivity index (χ2v) is 6.90. The average molecular weight is 262 g/mol. The van der Waals surface area contributed by atoms with E-state index in [0.717, 1.165) is 16.8 Å². The number of halogens is 1. The molecule has 2 rings (SSSR count). The molecule has 0 aromatic carbocycles. The topological polar surface area (TPSA) is 12.0 Å². The predicted octanol–water partition coefficient (Wildman–Crippen LogP) is 3.81. The van der Waals surface area contributed by atoms with Crippen molar-refractivity contribution >= 4 is 34.7 Å². The van der Waals surface area contributed by atoms with Crippen molar-refractivity contribution in [2.45, 2.75) is 19.4 Å². The number of rotatable bonds is 4. The first-order chi connectivity index (χ1) is 7.25. The molecule has 0 amide bonds. The second kappa shape index (κ2) is 5.58. The Bertz CT molecular complexity index is 307. The van der Waals surface area contributed by atoms with Crippen molar-refractivity contribution in [3.05, 3.63) is 21.3 Å². The smallest absolute Gasteiger partial charge is 0.0931 e. The zero-order valence-electron chi connectivity index (χ0n) is 8.83. The molecule has 1 aromatic heterocycles. The highest BCUT2D eigenvalue weighted by Crippen LogP contribution is 2.28. The molecule has 0 aliphatic carbocycles. The van der Waals surface area contributed by atoms with Gasteiger partial charge in [-0.3, -0.25) is 0 Å². The molecule has 1 saturated heterocycles. The Morgan fingerprint density at radius 3 is 3.07 bits per heavy atom. The van der Waals surface area contributed by atoms with E-state index in [2.05, 4.69) is 30.1 Å². The largest absolute Gasteiger partial charge is 0.309 e. The lowest BCUT2D eigenvalue weighted by molar-refractivity contribution is 0.481. The first kappa shape index (κ1) is 11.8. The molecule has 15 heavy (non-hydrogen) atoms. The van der Waals surface area contributed by atoms with Gasteiger partial charge in [-0.05, 0) is 49.4 Å². The molecule has 1 N–H and O–H groups in total. The van der Waals surface area contributed by atoms with Crippen molar-refractivity contribution in [1.82, 2.24) is 5.32 Å². The van der Waals surface area contributed by atoms with Crippen LogP contribution in [0.25, 0.3) is 0 Å². The van der Waals surface area contributed by atoms with Crippen molar-refractivity contribution in [2.24, 2.45) is 5.92 Å². The third-order valence-electron chi connectivity index (χ3n) is 2.76. The number of nitrogens with one attached hydrogen (secondary N) is 1. The molecule has 4 heteroatoms. The Morgan fingerprint density at radius 2 is 2.47 bits per heavy atom. The van der Waals surface area contributed by atoms with Gasteiger partial charge in [-0.2, -0.15) is 11.8 Å². The summed E-state index contributed by atoms with van der Waals surface area (Å²) in [6, 6.07) is 4.53. The summed E-state index contributed by atoms with van der Waals surface area (Å²) >= 11 is 9.67. The van der Waals surface area contributed by atoms with Crippen LogP contribution < -0.4 is 5.32 Å². The molecule has 2 heterocycles. The summed E-state index contributed by atoms with van der Waals surface area (Å²) < 4.78 is 0.884. The van der Waals surface area contributed by atoms with Crippen LogP contribution in [0.4, 0.5) is 0 Å². The summed E-state index contributed by atoms with van der Waals surface area (Å²) in [5.74, 6) is 3.53. The highest BCUT2D eigenvalue weighted by molar-refractivity contribution is 7.99. The molecule has 1 fully saturated rings. The zero-order chi connectivity index (χ0) is 10.7. The van der Waals surface area contributed by atoms with E-state index in [1.807, 2.05) is 6.07 Å². The lowest BCUT2D eigenvalue weighted by Crippen LogP contribution is -2.25. The molecule has 0 bridgehead atoms. The van der Waals surface area contributed by atoms with Crippen molar-refractivity contribution in [3.63, 3.8) is 0 Å². The van der Waals surface area contributed by atoms with Gasteiger partial charge in [0, 0.05) is 10.9 Å². The van der Waals surface area contributed by atoms with Crippen molar-refractivity contribution < 1.29 is 0 Å². The standard InChI is InChI=1S/C11H16ClNS2/c1-8(10-2-3-11(12)15-10)13-6-9-4-5-14-7-9/h2-3,8-9,13H,4-7H2,1H3. The van der Waals surface area contributed by atoms with E-state index in [9.17, 15) is 0 Å². The van der Waals surface area contributed by atoms with Crippen LogP contribution in [0.15, 0.2) is 12.1 Å². The summed E-state index contributed by atoms with van der Waals surface area (Å²) in [5.41, 5.74) is 0. The van der Waals surface area contributed by atoms with Gasteiger partial charge in [0.15, 0.2) is 0 Å². The maximum Gasteiger partial charge on any atom is 0.0931 e. The average Bonchev–Trinajstić information content (AvgIpc) is 2.84. The van der Waals surface area contributed by atoms with E-state index in [1.54, 1.807) is 11.3 Å². The van der Waals surface area contributed by atoms with Gasteiger partial charge in [-0.15, -0.1) is 11.3 Å². The lowest BCUT2D eigenvalue weighted by atomic mass is 10.1. The van der Waals surface area contributed by atoms with Crippen LogP contribution in [0.2, 0.25) is 4.34 Å². The fourth-order valence-electron chi connectivity index (χ4n) is 1.75. The Morgan fingerprint density at radius 1 is 1.60 bits per heavy atom. The van der Waals surface area contributed by atoms with Gasteiger partial charge in [0.05, 0.1) is 4.34 Å². The molecule has 1 aliphatic rings. The lowest BCUT2D eigenvalue weighted by Gasteiger charge is -2.15. The summed E-state index contributed by atoms with van der Waals surface area (Å²) in [5, 5.41) is 3.59. The van der Waals surface area contributed by atoms with Crippen LogP contribution in [0.1, 0.15) is 24.3 Å². The molecule has 2 atom stereocenters. The zero-order valence-corrected chi connectivity index (χ0v) is 11.2. The third-order valence-corrected chi connectivity index (χ3v) is 5.40. The van der Waals surface area contributed by atoms with Gasteiger partial charge >= 0.3 is 0 Å². The maximum absolute atomic E-state index is 5.92. The Labute approximate surface area is 105 Å². The fraction of sp³-hybridized carbons (Fsp3) is 0.636. The first-order valence-electron chi connectivity index (χ1n) is 5.32. The van der Waals surface area contributed by atoms with E-state index in [4.69, 9.17) is 11.6 Å². The molecule has 0 radical (unpaired) electrons. The monoisotopic (exact) mass is 261 g/mol. The van der Waals surface area contributed by atoms with E-state index in [1.165, 1.54) is 22.8 Å². The van der Waals surface area contributed by atoms with Crippen LogP contribution in [-0.2, 0) is 0 Å². The van der Waals surface area contributed by atoms with Gasteiger partial charge < -0.3 is 5.32 Å². The van der Waals surface area contributed by atoms with E-state index in [0.29, 0.717) is 6.04 Å². The molecule has 84 valence electrons. The molecule has 0 spiro atoms. The Balaban J connectivity index is 1.79. The second-order valence-electron chi connectivity index (χ2n) is 4.00. The SMILES string of the molecule is CC(NCC1CCSC1)c1ccc(Cl)s1. The maximum atomic E-state index is 5.92. The van der Waals surface area contributed by atoms with Crippen LogP contribution in [0, 0.1) is 5.92 Å². The minimum Gasteiger partial charge on any atom is -0.309 e. The summed E-state index contributed by atoms with van der Waals surface area (Å²) in [6.45, 7) is 3.36. The highest BCUT2D eigenvalue weighted by atomic mass is 35.5. The fourth-order valence-corrected chi connectivity index (χ4v) is 4.12.